The van der Waals surface area contributed by atoms with Crippen molar-refractivity contribution in [1.82, 2.24) is 20.4 Å². The van der Waals surface area contributed by atoms with Gasteiger partial charge in [0.05, 0.1) is 24.7 Å². The van der Waals surface area contributed by atoms with Gasteiger partial charge in [-0.15, -0.1) is 20.2 Å². The number of likely N-dealkylation sites (tertiary alicyclic amines) is 2. The zero-order chi connectivity index (χ0) is 46.8. The molecule has 0 radical (unpaired) electrons. The predicted molar refractivity (Wildman–Crippen MR) is 237 cm³/mol. The van der Waals surface area contributed by atoms with Gasteiger partial charge < -0.3 is 20.3 Å². The van der Waals surface area contributed by atoms with E-state index in [1.807, 2.05) is 11.8 Å². The highest BCUT2D eigenvalue weighted by molar-refractivity contribution is 7.99. The van der Waals surface area contributed by atoms with Crippen LogP contribution in [0.5, 0.6) is 0 Å². The summed E-state index contributed by atoms with van der Waals surface area (Å²) in [6, 6.07) is -0.157. The van der Waals surface area contributed by atoms with Crippen LogP contribution in [0, 0.1) is 43.9 Å². The number of nitrogens with one attached hydrogen (secondary N) is 2. The molecular weight excluding hydrogens is 845 g/mol. The van der Waals surface area contributed by atoms with Crippen molar-refractivity contribution in [1.29, 1.82) is 0 Å². The molecule has 62 heavy (non-hydrogen) atoms. The van der Waals surface area contributed by atoms with Crippen molar-refractivity contribution in [3.8, 4) is 0 Å². The highest BCUT2D eigenvalue weighted by atomic mass is 32.2. The minimum absolute atomic E-state index is 0.0154. The molecule has 20 heteroatoms. The van der Waals surface area contributed by atoms with Crippen molar-refractivity contribution in [3.63, 3.8) is 0 Å². The number of carbonyl (C=O) groups excluding carboxylic acids is 4. The van der Waals surface area contributed by atoms with Gasteiger partial charge in [0.1, 0.15) is 21.4 Å². The maximum atomic E-state index is 13.2. The number of sulfone groups is 1. The number of Topliss-reactive ketones (excluding diaryl/α,β-unsaturated/α-hetero) is 2. The maximum Gasteiger partial charge on any atom is 0.294 e. The van der Waals surface area contributed by atoms with Crippen molar-refractivity contribution >= 4 is 45.0 Å². The molecule has 2 unspecified atom stereocenters. The van der Waals surface area contributed by atoms with Gasteiger partial charge in [-0.05, 0) is 145 Å². The van der Waals surface area contributed by atoms with E-state index in [0.717, 1.165) is 37.2 Å². The summed E-state index contributed by atoms with van der Waals surface area (Å²) in [6.07, 6.45) is 5.62. The van der Waals surface area contributed by atoms with Gasteiger partial charge in [-0.2, -0.15) is 11.8 Å². The molecule has 2 N–H and O–H groups in total. The van der Waals surface area contributed by atoms with Crippen molar-refractivity contribution in [2.24, 2.45) is 23.7 Å². The number of hydrogen-bond acceptors (Lipinski definition) is 15. The van der Waals surface area contributed by atoms with Crippen LogP contribution in [0.2, 0.25) is 0 Å². The maximum absolute atomic E-state index is 13.2. The molecule has 4 saturated heterocycles. The lowest BCUT2D eigenvalue weighted by Crippen LogP contribution is -2.59. The van der Waals surface area contributed by atoms with Crippen LogP contribution in [0.4, 0.5) is 0 Å². The number of hydrogen-bond donors (Lipinski definition) is 2. The number of thioether (sulfide) groups is 1. The third-order valence-electron chi connectivity index (χ3n) is 14.0. The number of amides is 2. The fourth-order valence-electron chi connectivity index (χ4n) is 9.72. The molecule has 4 fully saturated rings. The molecule has 0 aliphatic carbocycles. The first-order chi connectivity index (χ1) is 28.5. The second-order valence-electron chi connectivity index (χ2n) is 20.3. The van der Waals surface area contributed by atoms with Crippen LogP contribution in [0.25, 0.3) is 0 Å². The molecule has 0 aromatic heterocycles. The zero-order valence-corrected chi connectivity index (χ0v) is 40.3. The molecule has 0 aromatic carbocycles. The average molecular weight is 919 g/mol. The van der Waals surface area contributed by atoms with E-state index in [0.29, 0.717) is 25.7 Å². The molecule has 0 saturated carbocycles. The minimum Gasteiger partial charge on any atom is -0.353 e. The first-order valence-corrected chi connectivity index (χ1v) is 25.0. The molecule has 2 amide bonds. The zero-order valence-electron chi connectivity index (χ0n) is 38.7. The van der Waals surface area contributed by atoms with Gasteiger partial charge in [0.25, 0.3) is 10.2 Å². The molecule has 0 bridgehead atoms. The van der Waals surface area contributed by atoms with Crippen LogP contribution in [-0.4, -0.2) is 136 Å². The third kappa shape index (κ3) is 16.2. The molecule has 356 valence electrons. The largest absolute Gasteiger partial charge is 0.353 e. The molecule has 18 nitrogen and oxygen atoms in total. The van der Waals surface area contributed by atoms with Gasteiger partial charge in [-0.25, -0.2) is 8.42 Å². The number of nitrogens with zero attached hydrogens (tertiary/aromatic N) is 4. The Bertz CT molecular complexity index is 1650. The van der Waals surface area contributed by atoms with Crippen LogP contribution in [0.3, 0.4) is 0 Å². The van der Waals surface area contributed by atoms with E-state index in [9.17, 15) is 47.8 Å². The van der Waals surface area contributed by atoms with E-state index >= 15 is 0 Å². The van der Waals surface area contributed by atoms with Crippen LogP contribution in [0.1, 0.15) is 132 Å². The van der Waals surface area contributed by atoms with E-state index < -0.39 is 31.8 Å². The Morgan fingerprint density at radius 1 is 0.645 bits per heavy atom. The number of rotatable bonds is 18. The Labute approximate surface area is 372 Å². The SMILES string of the molecule is CN1C(C)(C)CC(C(=O)CC(CCO[N+](=O)[O-])C(=O)NC2CCS(=O)(=O)CC2)CC1(C)C.CN1C(C)(C)CC(C(=O)CC(CCO[N+](=O)[O-])C(=O)NC2CCSCC2)CC1(C)C. The summed E-state index contributed by atoms with van der Waals surface area (Å²) in [4.78, 5) is 86.7. The number of piperidine rings is 2. The Hall–Kier alpha value is -3.10. The Morgan fingerprint density at radius 2 is 0.968 bits per heavy atom. The fraction of sp³-hybridized carbons (Fsp3) is 0.905. The van der Waals surface area contributed by atoms with Gasteiger partial charge in [0.2, 0.25) is 11.8 Å². The smallest absolute Gasteiger partial charge is 0.294 e. The summed E-state index contributed by atoms with van der Waals surface area (Å²) < 4.78 is 23.3. The topological polar surface area (TPSA) is 238 Å². The first-order valence-electron chi connectivity index (χ1n) is 22.0. The van der Waals surface area contributed by atoms with Gasteiger partial charge in [-0.3, -0.25) is 29.0 Å². The molecule has 2 atom stereocenters. The van der Waals surface area contributed by atoms with E-state index in [2.05, 4.69) is 99.6 Å². The second-order valence-corrected chi connectivity index (χ2v) is 23.9. The summed E-state index contributed by atoms with van der Waals surface area (Å²) >= 11 is 1.88. The summed E-state index contributed by atoms with van der Waals surface area (Å²) in [5.74, 6) is -0.123. The molecule has 4 aliphatic heterocycles. The molecule has 4 aliphatic rings. The number of ketones is 2. The third-order valence-corrected chi connectivity index (χ3v) is 16.7. The van der Waals surface area contributed by atoms with E-state index in [1.54, 1.807) is 0 Å². The fourth-order valence-corrected chi connectivity index (χ4v) is 12.3. The lowest BCUT2D eigenvalue weighted by molar-refractivity contribution is -0.758. The normalized spacial score (nSPS) is 24.0. The van der Waals surface area contributed by atoms with Gasteiger partial charge in [-0.1, -0.05) is 0 Å². The lowest BCUT2D eigenvalue weighted by atomic mass is 9.71. The molecular formula is C42H74N6O12S2. The molecule has 0 spiro atoms. The first kappa shape index (κ1) is 53.2. The minimum atomic E-state index is -3.06. The second kappa shape index (κ2) is 22.2. The van der Waals surface area contributed by atoms with Crippen molar-refractivity contribution in [2.45, 2.75) is 167 Å². The Balaban J connectivity index is 0.000000331. The van der Waals surface area contributed by atoms with Crippen LogP contribution in [-0.2, 0) is 38.7 Å². The van der Waals surface area contributed by atoms with Crippen molar-refractivity contribution in [2.75, 3.05) is 50.3 Å². The molecule has 4 heterocycles. The van der Waals surface area contributed by atoms with Gasteiger partial charge in [0.15, 0.2) is 0 Å². The van der Waals surface area contributed by atoms with E-state index in [-0.39, 0.29) is 120 Å². The summed E-state index contributed by atoms with van der Waals surface area (Å²) in [5, 5.41) is 25.2. The lowest BCUT2D eigenvalue weighted by Gasteiger charge is -2.53. The van der Waals surface area contributed by atoms with Crippen molar-refractivity contribution < 1.29 is 47.4 Å². The van der Waals surface area contributed by atoms with Crippen molar-refractivity contribution in [3.05, 3.63) is 20.2 Å². The Kier molecular flexibility index (Phi) is 19.1. The van der Waals surface area contributed by atoms with E-state index in [1.165, 1.54) is 0 Å². The van der Waals surface area contributed by atoms with Crippen LogP contribution >= 0.6 is 11.8 Å². The Morgan fingerprint density at radius 3 is 1.29 bits per heavy atom. The standard InChI is InChI=1S/C21H37N3O7S.C21H37N3O5S/c1-20(2)13-16(14-21(3,4)23(20)5)18(25)12-15(6-9-31-24(27)28)19(26)22-17-7-10-32(29,30)11-8-17;1-20(2)13-16(14-21(3,4)23(20)5)18(25)12-15(6-9-29-24(27)28)19(26)22-17-7-10-30-11-8-17/h15-17H,6-14H2,1-5H3,(H,22,26);15-17H,6-14H2,1-5H3,(H,22,26). The predicted octanol–water partition coefficient (Wildman–Crippen LogP) is 4.82. The molecule has 0 aromatic rings. The average Bonchev–Trinajstić information content (AvgIpc) is 3.15. The quantitative estimate of drug-likeness (QED) is 0.138. The monoisotopic (exact) mass is 918 g/mol. The number of carbonyl (C=O) groups is 4. The van der Waals surface area contributed by atoms with E-state index in [4.69, 9.17) is 0 Å². The highest BCUT2D eigenvalue weighted by Crippen LogP contribution is 2.42. The highest BCUT2D eigenvalue weighted by Gasteiger charge is 2.47. The summed E-state index contributed by atoms with van der Waals surface area (Å²) in [7, 11) is 1.08. The van der Waals surface area contributed by atoms with Crippen LogP contribution in [0.15, 0.2) is 0 Å². The molecule has 4 rings (SSSR count). The summed E-state index contributed by atoms with van der Waals surface area (Å²) in [6.45, 7) is 16.5. The summed E-state index contributed by atoms with van der Waals surface area (Å²) in [5.41, 5.74) is -0.590. The van der Waals surface area contributed by atoms with Gasteiger partial charge in [0, 0.05) is 70.8 Å². The van der Waals surface area contributed by atoms with Crippen LogP contribution < -0.4 is 10.6 Å². The van der Waals surface area contributed by atoms with Gasteiger partial charge >= 0.3 is 0 Å².